The van der Waals surface area contributed by atoms with E-state index in [1.807, 2.05) is 48.5 Å². The van der Waals surface area contributed by atoms with E-state index in [9.17, 15) is 4.79 Å². The van der Waals surface area contributed by atoms with E-state index in [1.54, 1.807) is 19.6 Å². The zero-order valence-electron chi connectivity index (χ0n) is 14.9. The summed E-state index contributed by atoms with van der Waals surface area (Å²) >= 11 is 0. The maximum Gasteiger partial charge on any atom is 0.154 e. The number of methoxy groups -OCH3 is 1. The van der Waals surface area contributed by atoms with Crippen molar-refractivity contribution in [3.8, 4) is 16.9 Å². The Kier molecular flexibility index (Phi) is 9.02. The van der Waals surface area contributed by atoms with Crippen LogP contribution < -0.4 is 10.5 Å². The fourth-order valence-electron chi connectivity index (χ4n) is 2.68. The molecule has 1 atom stereocenters. The Hall–Kier alpha value is -2.34. The van der Waals surface area contributed by atoms with Gasteiger partial charge in [0.2, 0.25) is 0 Å². The third kappa shape index (κ3) is 6.10. The van der Waals surface area contributed by atoms with Crippen LogP contribution in [0.1, 0.15) is 11.3 Å². The van der Waals surface area contributed by atoms with Crippen molar-refractivity contribution in [1.82, 2.24) is 9.97 Å². The van der Waals surface area contributed by atoms with Crippen LogP contribution in [0.15, 0.2) is 61.1 Å². The molecule has 0 aliphatic heterocycles. The number of benzene rings is 2. The highest BCUT2D eigenvalue weighted by molar-refractivity contribution is 5.86. The first-order valence-electron chi connectivity index (χ1n) is 8.14. The number of ketones is 1. The van der Waals surface area contributed by atoms with Crippen molar-refractivity contribution in [2.75, 3.05) is 7.11 Å². The number of nitrogens with one attached hydrogen (secondary N) is 1. The first-order chi connectivity index (χ1) is 12.2. The molecule has 27 heavy (non-hydrogen) atoms. The van der Waals surface area contributed by atoms with Crippen molar-refractivity contribution in [1.29, 1.82) is 0 Å². The topological polar surface area (TPSA) is 81.0 Å². The summed E-state index contributed by atoms with van der Waals surface area (Å²) in [6.07, 6.45) is 4.09. The third-order valence-electron chi connectivity index (χ3n) is 4.16. The normalized spacial score (nSPS) is 11.0. The van der Waals surface area contributed by atoms with Gasteiger partial charge in [0.05, 0.1) is 19.5 Å². The lowest BCUT2D eigenvalue weighted by Gasteiger charge is -2.10. The Morgan fingerprint density at radius 1 is 1.07 bits per heavy atom. The first-order valence-corrected chi connectivity index (χ1v) is 8.14. The van der Waals surface area contributed by atoms with Gasteiger partial charge in [0.15, 0.2) is 5.78 Å². The lowest BCUT2D eigenvalue weighted by Crippen LogP contribution is -2.34. The summed E-state index contributed by atoms with van der Waals surface area (Å²) in [5, 5.41) is 0. The molecule has 0 unspecified atom stereocenters. The molecule has 1 heterocycles. The largest absolute Gasteiger partial charge is 0.497 e. The summed E-state index contributed by atoms with van der Waals surface area (Å²) in [5.74, 6) is 0.851. The molecule has 0 fully saturated rings. The average molecular weight is 408 g/mol. The second kappa shape index (κ2) is 10.7. The fourth-order valence-corrected chi connectivity index (χ4v) is 2.68. The van der Waals surface area contributed by atoms with Crippen LogP contribution in [0.25, 0.3) is 11.1 Å². The van der Waals surface area contributed by atoms with Gasteiger partial charge in [-0.3, -0.25) is 4.79 Å². The number of Topliss-reactive ketones (excluding diaryl/α,β-unsaturated/α-hetero) is 1. The van der Waals surface area contributed by atoms with Crippen LogP contribution in [0.3, 0.4) is 0 Å². The number of rotatable bonds is 7. The van der Waals surface area contributed by atoms with Crippen molar-refractivity contribution in [2.24, 2.45) is 5.73 Å². The number of carbonyl (C=O) groups is 1. The van der Waals surface area contributed by atoms with E-state index in [1.165, 1.54) is 0 Å². The van der Waals surface area contributed by atoms with Gasteiger partial charge in [0.1, 0.15) is 5.75 Å². The SMILES string of the molecule is COc1ccc(-c2ccc(CC(=O)[C@@H](N)Cc3cnc[nH]3)cc2)cc1.Cl.Cl. The number of halogens is 2. The monoisotopic (exact) mass is 407 g/mol. The zero-order chi connectivity index (χ0) is 17.6. The van der Waals surface area contributed by atoms with Gasteiger partial charge in [-0.2, -0.15) is 0 Å². The van der Waals surface area contributed by atoms with Gasteiger partial charge in [-0.25, -0.2) is 4.98 Å². The summed E-state index contributed by atoms with van der Waals surface area (Å²) < 4.78 is 5.17. The summed E-state index contributed by atoms with van der Waals surface area (Å²) in [4.78, 5) is 19.2. The molecule has 0 bridgehead atoms. The van der Waals surface area contributed by atoms with Crippen LogP contribution in [0, 0.1) is 0 Å². The second-order valence-electron chi connectivity index (χ2n) is 5.96. The minimum Gasteiger partial charge on any atom is -0.497 e. The number of hydrogen-bond acceptors (Lipinski definition) is 4. The van der Waals surface area contributed by atoms with Crippen molar-refractivity contribution in [3.63, 3.8) is 0 Å². The zero-order valence-corrected chi connectivity index (χ0v) is 16.6. The first kappa shape index (κ1) is 22.7. The average Bonchev–Trinajstić information content (AvgIpc) is 3.15. The number of ether oxygens (including phenoxy) is 1. The van der Waals surface area contributed by atoms with Gasteiger partial charge in [-0.1, -0.05) is 36.4 Å². The number of nitrogens with two attached hydrogens (primary N) is 1. The Morgan fingerprint density at radius 3 is 2.19 bits per heavy atom. The summed E-state index contributed by atoms with van der Waals surface area (Å²) in [7, 11) is 1.65. The Morgan fingerprint density at radius 2 is 1.67 bits per heavy atom. The van der Waals surface area contributed by atoms with Crippen molar-refractivity contribution in [3.05, 3.63) is 72.3 Å². The van der Waals surface area contributed by atoms with E-state index in [2.05, 4.69) is 9.97 Å². The van der Waals surface area contributed by atoms with E-state index in [-0.39, 0.29) is 30.6 Å². The van der Waals surface area contributed by atoms with E-state index in [0.717, 1.165) is 28.1 Å². The summed E-state index contributed by atoms with van der Waals surface area (Å²) in [5.41, 5.74) is 10.0. The highest BCUT2D eigenvalue weighted by Crippen LogP contribution is 2.23. The lowest BCUT2D eigenvalue weighted by atomic mass is 9.98. The molecule has 0 radical (unpaired) electrons. The van der Waals surface area contributed by atoms with Crippen molar-refractivity contribution >= 4 is 30.6 Å². The van der Waals surface area contributed by atoms with Gasteiger partial charge in [-0.05, 0) is 28.8 Å². The number of H-pyrrole nitrogens is 1. The fraction of sp³-hybridized carbons (Fsp3) is 0.200. The smallest absolute Gasteiger partial charge is 0.154 e. The Balaban J connectivity index is 0.00000182. The molecular formula is C20H23Cl2N3O2. The molecule has 3 N–H and O–H groups in total. The van der Waals surface area contributed by atoms with Crippen LogP contribution in [0.5, 0.6) is 5.75 Å². The molecule has 0 spiro atoms. The molecule has 144 valence electrons. The lowest BCUT2D eigenvalue weighted by molar-refractivity contribution is -0.119. The van der Waals surface area contributed by atoms with E-state index in [0.29, 0.717) is 12.8 Å². The maximum absolute atomic E-state index is 12.3. The molecule has 0 saturated heterocycles. The Bertz CT molecular complexity index is 819. The van der Waals surface area contributed by atoms with Crippen LogP contribution in [0.4, 0.5) is 0 Å². The minimum atomic E-state index is -0.526. The maximum atomic E-state index is 12.3. The van der Waals surface area contributed by atoms with Crippen LogP contribution in [-0.2, 0) is 17.6 Å². The molecule has 0 saturated carbocycles. The molecule has 3 rings (SSSR count). The van der Waals surface area contributed by atoms with Crippen molar-refractivity contribution < 1.29 is 9.53 Å². The number of hydrogen-bond donors (Lipinski definition) is 2. The van der Waals surface area contributed by atoms with E-state index < -0.39 is 6.04 Å². The summed E-state index contributed by atoms with van der Waals surface area (Å²) in [6.45, 7) is 0. The van der Waals surface area contributed by atoms with Gasteiger partial charge >= 0.3 is 0 Å². The standard InChI is InChI=1S/C20H21N3O2.2ClH/c1-25-18-8-6-16(7-9-18)15-4-2-14(3-5-15)10-20(24)19(21)11-17-12-22-13-23-17;;/h2-9,12-13,19H,10-11,21H2,1H3,(H,22,23);2*1H/t19-;;/m0../s1. The van der Waals surface area contributed by atoms with Crippen LogP contribution in [0.2, 0.25) is 0 Å². The third-order valence-corrected chi connectivity index (χ3v) is 4.16. The van der Waals surface area contributed by atoms with Crippen LogP contribution in [-0.4, -0.2) is 28.9 Å². The molecule has 0 aliphatic rings. The molecule has 3 aromatic rings. The minimum absolute atomic E-state index is 0. The number of aromatic amines is 1. The Labute approximate surface area is 171 Å². The number of aromatic nitrogens is 2. The predicted molar refractivity (Wildman–Crippen MR) is 112 cm³/mol. The molecule has 0 amide bonds. The molecule has 7 heteroatoms. The highest BCUT2D eigenvalue weighted by atomic mass is 35.5. The van der Waals surface area contributed by atoms with Gasteiger partial charge in [0.25, 0.3) is 0 Å². The second-order valence-corrected chi connectivity index (χ2v) is 5.96. The van der Waals surface area contributed by atoms with Crippen LogP contribution >= 0.6 is 24.8 Å². The van der Waals surface area contributed by atoms with Gasteiger partial charge in [0, 0.05) is 24.7 Å². The number of imidazole rings is 1. The van der Waals surface area contributed by atoms with Gasteiger partial charge < -0.3 is 15.5 Å². The van der Waals surface area contributed by atoms with E-state index >= 15 is 0 Å². The van der Waals surface area contributed by atoms with E-state index in [4.69, 9.17) is 10.5 Å². The summed E-state index contributed by atoms with van der Waals surface area (Å²) in [6, 6.07) is 15.3. The van der Waals surface area contributed by atoms with Crippen molar-refractivity contribution in [2.45, 2.75) is 18.9 Å². The number of nitrogens with zero attached hydrogens (tertiary/aromatic N) is 1. The molecule has 1 aromatic heterocycles. The molecule has 5 nitrogen and oxygen atoms in total. The molecule has 2 aromatic carbocycles. The highest BCUT2D eigenvalue weighted by Gasteiger charge is 2.15. The quantitative estimate of drug-likeness (QED) is 0.626. The predicted octanol–water partition coefficient (Wildman–Crippen LogP) is 3.61. The molecule has 0 aliphatic carbocycles. The molecular weight excluding hydrogens is 385 g/mol. The van der Waals surface area contributed by atoms with Gasteiger partial charge in [-0.15, -0.1) is 24.8 Å². The number of carbonyl (C=O) groups excluding carboxylic acids is 1.